The second kappa shape index (κ2) is 10.4. The van der Waals surface area contributed by atoms with Crippen LogP contribution in [0.25, 0.3) is 0 Å². The van der Waals surface area contributed by atoms with Crippen LogP contribution in [0.15, 0.2) is 51.2 Å². The Morgan fingerprint density at radius 1 is 0.833 bits per heavy atom. The zero-order valence-electron chi connectivity index (χ0n) is 20.2. The summed E-state index contributed by atoms with van der Waals surface area (Å²) < 4.78 is 52.5. The van der Waals surface area contributed by atoms with Crippen molar-refractivity contribution in [3.63, 3.8) is 0 Å². The molecule has 2 aromatic rings. The molecule has 10 nitrogen and oxygen atoms in total. The first-order valence-electron chi connectivity index (χ1n) is 11.2. The van der Waals surface area contributed by atoms with Crippen LogP contribution in [0.3, 0.4) is 0 Å². The minimum atomic E-state index is -3.32. The summed E-state index contributed by atoms with van der Waals surface area (Å²) in [6, 6.07) is 9.31. The van der Waals surface area contributed by atoms with Crippen LogP contribution in [0, 0.1) is 0 Å². The van der Waals surface area contributed by atoms with Gasteiger partial charge in [0.1, 0.15) is 0 Å². The Balaban J connectivity index is 0.000000202. The molecule has 36 heavy (non-hydrogen) atoms. The van der Waals surface area contributed by atoms with Gasteiger partial charge in [-0.15, -0.1) is 0 Å². The van der Waals surface area contributed by atoms with Gasteiger partial charge in [-0.3, -0.25) is 4.79 Å². The van der Waals surface area contributed by atoms with Crippen molar-refractivity contribution in [3.05, 3.63) is 58.7 Å². The number of amides is 1. The van der Waals surface area contributed by atoms with Gasteiger partial charge in [0.2, 0.25) is 0 Å². The molecule has 4 rings (SSSR count). The van der Waals surface area contributed by atoms with E-state index in [9.17, 15) is 26.4 Å². The average Bonchev–Trinajstić information content (AvgIpc) is 2.83. The Morgan fingerprint density at radius 3 is 1.72 bits per heavy atom. The van der Waals surface area contributed by atoms with Crippen LogP contribution in [0.2, 0.25) is 0 Å². The quantitative estimate of drug-likeness (QED) is 0.331. The van der Waals surface area contributed by atoms with Crippen molar-refractivity contribution in [2.45, 2.75) is 48.3 Å². The number of sulfone groups is 2. The summed E-state index contributed by atoms with van der Waals surface area (Å²) in [6.45, 7) is 3.95. The number of fused-ring (bicyclic) bond motifs is 2. The smallest absolute Gasteiger partial charge is 0.337 e. The predicted octanol–water partition coefficient (Wildman–Crippen LogP) is 2.14. The molecule has 0 saturated heterocycles. The van der Waals surface area contributed by atoms with E-state index in [0.29, 0.717) is 12.8 Å². The molecule has 0 fully saturated rings. The number of nitrogens with zero attached hydrogens (tertiary/aromatic N) is 1. The van der Waals surface area contributed by atoms with Crippen LogP contribution in [0.1, 0.15) is 70.4 Å². The maximum absolute atomic E-state index is 12.0. The number of esters is 1. The third kappa shape index (κ3) is 5.76. The van der Waals surface area contributed by atoms with Gasteiger partial charge in [-0.2, -0.15) is 4.99 Å². The highest BCUT2D eigenvalue weighted by Gasteiger charge is 2.30. The molecule has 1 amide bonds. The summed E-state index contributed by atoms with van der Waals surface area (Å²) >= 11 is 0. The van der Waals surface area contributed by atoms with Crippen LogP contribution >= 0.6 is 0 Å². The van der Waals surface area contributed by atoms with Crippen molar-refractivity contribution in [1.29, 1.82) is 0 Å². The van der Waals surface area contributed by atoms with Gasteiger partial charge in [-0.25, -0.2) is 21.6 Å². The van der Waals surface area contributed by atoms with E-state index >= 15 is 0 Å². The van der Waals surface area contributed by atoms with Crippen LogP contribution in [-0.2, 0) is 24.4 Å². The number of benzene rings is 2. The normalized spacial score (nSPS) is 21.0. The maximum Gasteiger partial charge on any atom is 0.337 e. The summed E-state index contributed by atoms with van der Waals surface area (Å²) in [7, 11) is -5.29. The summed E-state index contributed by atoms with van der Waals surface area (Å²) in [5.41, 5.74) is 12.3. The van der Waals surface area contributed by atoms with Crippen LogP contribution in [0.4, 0.5) is 0 Å². The van der Waals surface area contributed by atoms with Gasteiger partial charge >= 0.3 is 5.97 Å². The minimum absolute atomic E-state index is 0.0983. The molecule has 4 N–H and O–H groups in total. The molecular formula is C24H29N3O7S2. The molecule has 2 heterocycles. The van der Waals surface area contributed by atoms with Gasteiger partial charge in [-0.1, -0.05) is 26.0 Å². The molecule has 0 aliphatic carbocycles. The molecule has 0 bridgehead atoms. The third-order valence-electron chi connectivity index (χ3n) is 6.30. The molecule has 12 heteroatoms. The van der Waals surface area contributed by atoms with E-state index in [4.69, 9.17) is 11.5 Å². The second-order valence-corrected chi connectivity index (χ2v) is 13.0. The first-order chi connectivity index (χ1) is 16.8. The highest BCUT2D eigenvalue weighted by molar-refractivity contribution is 7.91. The van der Waals surface area contributed by atoms with Gasteiger partial charge in [0.05, 0.1) is 34.0 Å². The van der Waals surface area contributed by atoms with Crippen LogP contribution in [0.5, 0.6) is 0 Å². The van der Waals surface area contributed by atoms with E-state index in [0.717, 1.165) is 11.1 Å². The van der Waals surface area contributed by atoms with Gasteiger partial charge in [0.15, 0.2) is 25.6 Å². The fourth-order valence-electron chi connectivity index (χ4n) is 4.18. The lowest BCUT2D eigenvalue weighted by molar-refractivity contribution is 0.0600. The Kier molecular flexibility index (Phi) is 7.89. The zero-order valence-corrected chi connectivity index (χ0v) is 21.9. The van der Waals surface area contributed by atoms with E-state index in [-0.39, 0.29) is 50.2 Å². The van der Waals surface area contributed by atoms with Gasteiger partial charge in [0.25, 0.3) is 5.91 Å². The van der Waals surface area contributed by atoms with Crippen molar-refractivity contribution in [3.8, 4) is 0 Å². The van der Waals surface area contributed by atoms with Crippen molar-refractivity contribution >= 4 is 37.5 Å². The van der Waals surface area contributed by atoms with E-state index in [1.807, 2.05) is 13.8 Å². The van der Waals surface area contributed by atoms with Crippen LogP contribution in [-0.4, -0.2) is 53.3 Å². The lowest BCUT2D eigenvalue weighted by Crippen LogP contribution is -2.24. The van der Waals surface area contributed by atoms with E-state index in [1.165, 1.54) is 19.2 Å². The summed E-state index contributed by atoms with van der Waals surface area (Å²) in [4.78, 5) is 27.0. The number of nitrogens with two attached hydrogens (primary N) is 2. The molecule has 0 aromatic heterocycles. The fraction of sp³-hybridized carbons (Fsp3) is 0.375. The van der Waals surface area contributed by atoms with E-state index in [1.54, 1.807) is 24.3 Å². The molecule has 2 unspecified atom stereocenters. The second-order valence-electron chi connectivity index (χ2n) is 8.86. The Morgan fingerprint density at radius 2 is 1.28 bits per heavy atom. The Bertz CT molecular complexity index is 1440. The number of carbonyl (C=O) groups excluding carboxylic acids is 2. The Hall–Kier alpha value is -3.25. The van der Waals surface area contributed by atoms with Gasteiger partial charge in [-0.05, 0) is 60.1 Å². The van der Waals surface area contributed by atoms with E-state index in [2.05, 4.69) is 9.73 Å². The largest absolute Gasteiger partial charge is 0.465 e. The van der Waals surface area contributed by atoms with Crippen molar-refractivity contribution in [2.24, 2.45) is 16.5 Å². The Labute approximate surface area is 210 Å². The fourth-order valence-corrected chi connectivity index (χ4v) is 7.81. The average molecular weight is 536 g/mol. The highest BCUT2D eigenvalue weighted by Crippen LogP contribution is 2.35. The molecule has 2 aliphatic heterocycles. The lowest BCUT2D eigenvalue weighted by Gasteiger charge is -2.22. The number of hydrogen-bond acceptors (Lipinski definition) is 7. The van der Waals surface area contributed by atoms with Crippen molar-refractivity contribution < 1.29 is 31.2 Å². The van der Waals surface area contributed by atoms with Gasteiger partial charge in [0, 0.05) is 5.56 Å². The number of rotatable bonds is 2. The van der Waals surface area contributed by atoms with Crippen LogP contribution < -0.4 is 11.5 Å². The lowest BCUT2D eigenvalue weighted by atomic mass is 9.97. The number of carbonyl (C=O) groups is 2. The summed E-state index contributed by atoms with van der Waals surface area (Å²) in [5.74, 6) is -0.894. The first kappa shape index (κ1) is 27.3. The van der Waals surface area contributed by atoms with Crippen molar-refractivity contribution in [1.82, 2.24) is 0 Å². The number of ether oxygens (including phenoxy) is 1. The molecule has 2 atom stereocenters. The standard InChI is InChI=1S/C12H15N3O3S.C12H14O4S/c1-7-4-5-19(17,18)10-6-8(2-3-9(7)10)11(16)15-12(13)14;1-8-5-6-17(14,15)11-7-9(12(13)16-2)3-4-10(8)11/h2-3,6-7H,4-5H2,1H3,(H4,13,14,15,16);3-4,7-8H,5-6H2,1-2H3. The molecule has 2 aromatic carbocycles. The number of hydrogen-bond donors (Lipinski definition) is 2. The molecular weight excluding hydrogens is 506 g/mol. The zero-order chi connectivity index (χ0) is 26.8. The summed E-state index contributed by atoms with van der Waals surface area (Å²) in [6.07, 6.45) is 1.23. The number of aliphatic imine (C=N–C) groups is 1. The number of methoxy groups -OCH3 is 1. The van der Waals surface area contributed by atoms with Crippen molar-refractivity contribution in [2.75, 3.05) is 18.6 Å². The number of guanidine groups is 1. The SMILES string of the molecule is CC1CCS(=O)(=O)c2cc(C(=O)N=C(N)N)ccc21.COC(=O)c1ccc2c(c1)S(=O)(=O)CCC2C. The molecule has 0 spiro atoms. The first-order valence-corrected chi connectivity index (χ1v) is 14.5. The molecule has 2 aliphatic rings. The monoisotopic (exact) mass is 535 g/mol. The topological polar surface area (TPSA) is 176 Å². The third-order valence-corrected chi connectivity index (χ3v) is 9.89. The molecule has 194 valence electrons. The minimum Gasteiger partial charge on any atom is -0.465 e. The molecule has 0 radical (unpaired) electrons. The maximum atomic E-state index is 12.0. The van der Waals surface area contributed by atoms with Gasteiger partial charge < -0.3 is 16.2 Å². The predicted molar refractivity (Wildman–Crippen MR) is 135 cm³/mol. The van der Waals surface area contributed by atoms with E-state index < -0.39 is 31.6 Å². The highest BCUT2D eigenvalue weighted by atomic mass is 32.2. The summed E-state index contributed by atoms with van der Waals surface area (Å²) in [5, 5.41) is 0. The molecule has 0 saturated carbocycles.